The van der Waals surface area contributed by atoms with Crippen LogP contribution in [0.5, 0.6) is 0 Å². The Kier molecular flexibility index (Phi) is 2.94. The quantitative estimate of drug-likeness (QED) is 0.770. The van der Waals surface area contributed by atoms with E-state index in [1.54, 1.807) is 0 Å². The van der Waals surface area contributed by atoms with E-state index < -0.39 is 5.97 Å². The monoisotopic (exact) mass is 206 g/mol. The Morgan fingerprint density at radius 1 is 1.20 bits per heavy atom. The molecule has 2 nitrogen and oxygen atoms in total. The Bertz CT molecular complexity index is 284. The third-order valence-electron chi connectivity index (χ3n) is 3.81. The van der Waals surface area contributed by atoms with Crippen LogP contribution in [0.4, 0.5) is 0 Å². The topological polar surface area (TPSA) is 37.3 Å². The highest BCUT2D eigenvalue weighted by atomic mass is 16.4. The summed E-state index contributed by atoms with van der Waals surface area (Å²) in [6.07, 6.45) is 14.5. The fourth-order valence-electron chi connectivity index (χ4n) is 3.03. The van der Waals surface area contributed by atoms with Gasteiger partial charge in [-0.1, -0.05) is 43.6 Å². The van der Waals surface area contributed by atoms with Gasteiger partial charge in [0, 0.05) is 5.92 Å². The van der Waals surface area contributed by atoms with E-state index in [0.717, 1.165) is 12.8 Å². The van der Waals surface area contributed by atoms with Gasteiger partial charge in [-0.2, -0.15) is 0 Å². The van der Waals surface area contributed by atoms with Gasteiger partial charge in [0.2, 0.25) is 0 Å². The Morgan fingerprint density at radius 2 is 1.80 bits per heavy atom. The first kappa shape index (κ1) is 10.5. The lowest BCUT2D eigenvalue weighted by molar-refractivity contribution is -0.140. The van der Waals surface area contributed by atoms with E-state index in [0.29, 0.717) is 12.3 Å². The highest BCUT2D eigenvalue weighted by molar-refractivity contribution is 5.68. The van der Waals surface area contributed by atoms with Gasteiger partial charge < -0.3 is 5.11 Å². The lowest BCUT2D eigenvalue weighted by atomic mass is 9.64. The first-order valence-electron chi connectivity index (χ1n) is 5.80. The highest BCUT2D eigenvalue weighted by Gasteiger charge is 2.39. The van der Waals surface area contributed by atoms with Crippen LogP contribution in [0, 0.1) is 11.3 Å². The molecule has 0 saturated heterocycles. The van der Waals surface area contributed by atoms with Crippen molar-refractivity contribution in [3.8, 4) is 0 Å². The van der Waals surface area contributed by atoms with E-state index in [1.165, 1.54) is 19.3 Å². The van der Waals surface area contributed by atoms with E-state index in [2.05, 4.69) is 12.2 Å². The zero-order valence-corrected chi connectivity index (χ0v) is 8.98. The molecule has 0 heterocycles. The summed E-state index contributed by atoms with van der Waals surface area (Å²) >= 11 is 0. The van der Waals surface area contributed by atoms with Gasteiger partial charge in [0.05, 0.1) is 6.42 Å². The first-order valence-corrected chi connectivity index (χ1v) is 5.80. The summed E-state index contributed by atoms with van der Waals surface area (Å²) in [7, 11) is 0. The van der Waals surface area contributed by atoms with E-state index in [9.17, 15) is 4.79 Å². The largest absolute Gasteiger partial charge is 0.481 e. The van der Waals surface area contributed by atoms with Crippen molar-refractivity contribution in [3.63, 3.8) is 0 Å². The molecule has 1 saturated carbocycles. The minimum Gasteiger partial charge on any atom is -0.481 e. The van der Waals surface area contributed by atoms with Crippen molar-refractivity contribution in [1.82, 2.24) is 0 Å². The fourth-order valence-corrected chi connectivity index (χ4v) is 3.03. The lowest BCUT2D eigenvalue weighted by Crippen LogP contribution is -2.33. The predicted octanol–water partition coefficient (Wildman–Crippen LogP) is 3.15. The van der Waals surface area contributed by atoms with Crippen molar-refractivity contribution in [2.45, 2.75) is 38.5 Å². The van der Waals surface area contributed by atoms with Gasteiger partial charge in [-0.05, 0) is 18.3 Å². The smallest absolute Gasteiger partial charge is 0.303 e. The number of carboxylic acid groups (broad SMARTS) is 1. The Hall–Kier alpha value is -1.05. The van der Waals surface area contributed by atoms with Crippen molar-refractivity contribution < 1.29 is 9.90 Å². The molecule has 0 unspecified atom stereocenters. The van der Waals surface area contributed by atoms with Gasteiger partial charge in [-0.25, -0.2) is 0 Å². The number of carboxylic acids is 1. The molecule has 15 heavy (non-hydrogen) atoms. The van der Waals surface area contributed by atoms with Gasteiger partial charge in [0.15, 0.2) is 0 Å². The number of hydrogen-bond acceptors (Lipinski definition) is 1. The number of rotatable bonds is 3. The molecule has 0 atom stereocenters. The molecule has 0 bridgehead atoms. The third-order valence-corrected chi connectivity index (χ3v) is 3.81. The molecule has 1 N–H and O–H groups in total. The number of aliphatic carboxylic acids is 1. The molecule has 0 aromatic heterocycles. The fraction of sp³-hybridized carbons (Fsp3) is 0.615. The molecular formula is C13H18O2. The zero-order valence-electron chi connectivity index (χ0n) is 8.98. The van der Waals surface area contributed by atoms with Gasteiger partial charge in [-0.15, -0.1) is 0 Å². The summed E-state index contributed by atoms with van der Waals surface area (Å²) in [5.41, 5.74) is 0.00752. The number of carbonyl (C=O) groups is 1. The second-order valence-electron chi connectivity index (χ2n) is 4.79. The van der Waals surface area contributed by atoms with E-state index in [-0.39, 0.29) is 5.41 Å². The number of allylic oxidation sites excluding steroid dienone is 4. The van der Waals surface area contributed by atoms with Crippen LogP contribution in [-0.4, -0.2) is 11.1 Å². The molecule has 0 aliphatic heterocycles. The molecular weight excluding hydrogens is 188 g/mol. The Balaban J connectivity index is 2.16. The van der Waals surface area contributed by atoms with E-state index >= 15 is 0 Å². The third kappa shape index (κ3) is 2.14. The summed E-state index contributed by atoms with van der Waals surface area (Å²) in [5, 5.41) is 9.04. The average Bonchev–Trinajstić information content (AvgIpc) is 2.71. The normalized spacial score (nSPS) is 24.5. The Morgan fingerprint density at radius 3 is 2.33 bits per heavy atom. The molecule has 0 aromatic carbocycles. The molecule has 0 aromatic rings. The standard InChI is InChI=1S/C13H18O2/c14-12(15)10-13(8-4-1-5-9-13)11-6-2-3-7-11/h2-3,6-7,11H,1,4-5,8-10H2,(H,14,15). The van der Waals surface area contributed by atoms with Crippen molar-refractivity contribution in [3.05, 3.63) is 24.3 Å². The zero-order chi connectivity index (χ0) is 10.7. The summed E-state index contributed by atoms with van der Waals surface area (Å²) in [6, 6.07) is 0. The van der Waals surface area contributed by atoms with Crippen LogP contribution in [0.15, 0.2) is 24.3 Å². The van der Waals surface area contributed by atoms with Gasteiger partial charge in [0.25, 0.3) is 0 Å². The van der Waals surface area contributed by atoms with Gasteiger partial charge >= 0.3 is 5.97 Å². The van der Waals surface area contributed by atoms with Crippen molar-refractivity contribution in [2.24, 2.45) is 11.3 Å². The second-order valence-corrected chi connectivity index (χ2v) is 4.79. The van der Waals surface area contributed by atoms with E-state index in [1.807, 2.05) is 12.2 Å². The van der Waals surface area contributed by atoms with Crippen LogP contribution in [0.2, 0.25) is 0 Å². The minimum atomic E-state index is -0.648. The van der Waals surface area contributed by atoms with Crippen LogP contribution >= 0.6 is 0 Å². The van der Waals surface area contributed by atoms with Crippen LogP contribution < -0.4 is 0 Å². The van der Waals surface area contributed by atoms with Crippen LogP contribution in [0.25, 0.3) is 0 Å². The maximum Gasteiger partial charge on any atom is 0.303 e. The van der Waals surface area contributed by atoms with Crippen molar-refractivity contribution >= 4 is 5.97 Å². The average molecular weight is 206 g/mol. The first-order chi connectivity index (χ1) is 7.23. The SMILES string of the molecule is O=C(O)CC1(C2C=CC=C2)CCCCC1. The summed E-state index contributed by atoms with van der Waals surface area (Å²) in [5.74, 6) is -0.292. The molecule has 2 aliphatic carbocycles. The van der Waals surface area contributed by atoms with Gasteiger partial charge in [-0.3, -0.25) is 4.79 Å². The molecule has 0 amide bonds. The summed E-state index contributed by atoms with van der Waals surface area (Å²) in [4.78, 5) is 11.0. The maximum atomic E-state index is 11.0. The predicted molar refractivity (Wildman–Crippen MR) is 59.5 cm³/mol. The minimum absolute atomic E-state index is 0.00752. The molecule has 82 valence electrons. The molecule has 2 rings (SSSR count). The highest BCUT2D eigenvalue weighted by Crippen LogP contribution is 2.47. The molecule has 0 spiro atoms. The summed E-state index contributed by atoms with van der Waals surface area (Å²) < 4.78 is 0. The number of hydrogen-bond donors (Lipinski definition) is 1. The molecule has 2 heteroatoms. The maximum absolute atomic E-state index is 11.0. The van der Waals surface area contributed by atoms with Crippen LogP contribution in [0.1, 0.15) is 38.5 Å². The molecule has 1 fully saturated rings. The van der Waals surface area contributed by atoms with Crippen LogP contribution in [-0.2, 0) is 4.79 Å². The molecule has 0 radical (unpaired) electrons. The molecule has 2 aliphatic rings. The Labute approximate surface area is 90.7 Å². The second kappa shape index (κ2) is 4.21. The lowest BCUT2D eigenvalue weighted by Gasteiger charge is -2.39. The summed E-state index contributed by atoms with van der Waals surface area (Å²) in [6.45, 7) is 0. The van der Waals surface area contributed by atoms with E-state index in [4.69, 9.17) is 5.11 Å². The van der Waals surface area contributed by atoms with Crippen molar-refractivity contribution in [1.29, 1.82) is 0 Å². The van der Waals surface area contributed by atoms with Gasteiger partial charge in [0.1, 0.15) is 0 Å². The van der Waals surface area contributed by atoms with Crippen LogP contribution in [0.3, 0.4) is 0 Å². The van der Waals surface area contributed by atoms with Crippen molar-refractivity contribution in [2.75, 3.05) is 0 Å².